The molecule has 0 aromatic heterocycles. The number of thioether (sulfide) groups is 1. The fourth-order valence-corrected chi connectivity index (χ4v) is 6.26. The molecule has 0 aliphatic carbocycles. The van der Waals surface area contributed by atoms with Crippen LogP contribution in [0.25, 0.3) is 0 Å². The van der Waals surface area contributed by atoms with E-state index < -0.39 is 10.0 Å². The molecule has 31 heavy (non-hydrogen) atoms. The number of hydrogen-bond acceptors (Lipinski definition) is 5. The lowest BCUT2D eigenvalue weighted by atomic mass is 10.0. The molecule has 1 amide bonds. The van der Waals surface area contributed by atoms with Crippen molar-refractivity contribution in [3.63, 3.8) is 0 Å². The van der Waals surface area contributed by atoms with Crippen LogP contribution in [-0.4, -0.2) is 51.6 Å². The van der Waals surface area contributed by atoms with Gasteiger partial charge < -0.3 is 10.2 Å². The molecule has 0 radical (unpaired) electrons. The number of anilines is 1. The average Bonchev–Trinajstić information content (AvgIpc) is 2.79. The van der Waals surface area contributed by atoms with Crippen molar-refractivity contribution < 1.29 is 13.2 Å². The van der Waals surface area contributed by atoms with E-state index >= 15 is 0 Å². The Kier molecular flexibility index (Phi) is 6.60. The predicted octanol–water partition coefficient (Wildman–Crippen LogP) is 3.89. The number of rotatable bonds is 5. The summed E-state index contributed by atoms with van der Waals surface area (Å²) in [5, 5.41) is 3.19. The lowest BCUT2D eigenvalue weighted by Gasteiger charge is -2.31. The smallest absolute Gasteiger partial charge is 0.253 e. The highest BCUT2D eigenvalue weighted by Crippen LogP contribution is 2.36. The fraction of sp³-hybridized carbons (Fsp3) is 0.435. The summed E-state index contributed by atoms with van der Waals surface area (Å²) in [4.78, 5) is 17.0. The lowest BCUT2D eigenvalue weighted by Crippen LogP contribution is -2.35. The van der Waals surface area contributed by atoms with Gasteiger partial charge in [0.25, 0.3) is 5.91 Å². The second-order valence-corrected chi connectivity index (χ2v) is 11.5. The third-order valence-corrected chi connectivity index (χ3v) is 8.89. The molecule has 2 aromatic carbocycles. The van der Waals surface area contributed by atoms with Gasteiger partial charge in [-0.05, 0) is 55.5 Å². The van der Waals surface area contributed by atoms with Crippen LogP contribution < -0.4 is 10.2 Å². The number of carbonyl (C=O) groups excluding carboxylic acids is 1. The van der Waals surface area contributed by atoms with Gasteiger partial charge in [0.1, 0.15) is 0 Å². The molecule has 1 atom stereocenters. The molecular weight excluding hydrogens is 430 g/mol. The maximum Gasteiger partial charge on any atom is 0.253 e. The molecule has 1 saturated heterocycles. The van der Waals surface area contributed by atoms with Gasteiger partial charge >= 0.3 is 0 Å². The molecule has 2 heterocycles. The maximum atomic E-state index is 13.5. The number of piperidine rings is 1. The highest BCUT2D eigenvalue weighted by atomic mass is 32.2. The van der Waals surface area contributed by atoms with Crippen LogP contribution in [0, 0.1) is 0 Å². The summed E-state index contributed by atoms with van der Waals surface area (Å²) in [5.74, 6) is 0.721. The van der Waals surface area contributed by atoms with Crippen LogP contribution >= 0.6 is 11.8 Å². The molecule has 0 unspecified atom stereocenters. The van der Waals surface area contributed by atoms with Crippen LogP contribution in [0.1, 0.15) is 47.6 Å². The third-order valence-electron chi connectivity index (χ3n) is 5.95. The van der Waals surface area contributed by atoms with Crippen molar-refractivity contribution >= 4 is 33.4 Å². The zero-order valence-corrected chi connectivity index (χ0v) is 19.6. The molecule has 2 aromatic rings. The summed E-state index contributed by atoms with van der Waals surface area (Å²) in [5.41, 5.74) is 2.37. The maximum absolute atomic E-state index is 13.5. The zero-order valence-electron chi connectivity index (χ0n) is 18.0. The van der Waals surface area contributed by atoms with Crippen LogP contribution in [0.4, 0.5) is 5.69 Å². The lowest BCUT2D eigenvalue weighted by molar-refractivity contribution is 0.0935. The van der Waals surface area contributed by atoms with Gasteiger partial charge in [-0.3, -0.25) is 4.79 Å². The summed E-state index contributed by atoms with van der Waals surface area (Å²) in [6.07, 6.45) is 4.18. The molecular formula is C23H29N3O3S2. The van der Waals surface area contributed by atoms with E-state index in [0.29, 0.717) is 5.56 Å². The Balaban J connectivity index is 1.70. The number of benzene rings is 2. The molecule has 2 aliphatic rings. The number of nitrogens with one attached hydrogen (secondary N) is 1. The van der Waals surface area contributed by atoms with E-state index in [1.54, 1.807) is 23.9 Å². The predicted molar refractivity (Wildman–Crippen MR) is 125 cm³/mol. The minimum atomic E-state index is -3.63. The first-order valence-electron chi connectivity index (χ1n) is 10.7. The highest BCUT2D eigenvalue weighted by Gasteiger charge is 2.27. The Hall–Kier alpha value is -2.03. The third kappa shape index (κ3) is 4.61. The van der Waals surface area contributed by atoms with Gasteiger partial charge in [-0.1, -0.05) is 18.2 Å². The zero-order chi connectivity index (χ0) is 22.0. The summed E-state index contributed by atoms with van der Waals surface area (Å²) >= 11 is 1.81. The van der Waals surface area contributed by atoms with Gasteiger partial charge in [-0.15, -0.1) is 11.8 Å². The quantitative estimate of drug-likeness (QED) is 0.735. The fourth-order valence-electron chi connectivity index (χ4n) is 4.21. The molecule has 0 bridgehead atoms. The van der Waals surface area contributed by atoms with Crippen molar-refractivity contribution in [2.75, 3.05) is 37.8 Å². The number of fused-ring (bicyclic) bond motifs is 1. The topological polar surface area (TPSA) is 69.7 Å². The van der Waals surface area contributed by atoms with Crippen molar-refractivity contribution in [2.45, 2.75) is 41.5 Å². The van der Waals surface area contributed by atoms with Gasteiger partial charge in [-0.2, -0.15) is 0 Å². The van der Waals surface area contributed by atoms with Crippen molar-refractivity contribution in [3.05, 3.63) is 53.6 Å². The minimum Gasteiger partial charge on any atom is -0.371 e. The highest BCUT2D eigenvalue weighted by molar-refractivity contribution is 7.99. The van der Waals surface area contributed by atoms with Crippen LogP contribution in [0.15, 0.2) is 52.3 Å². The summed E-state index contributed by atoms with van der Waals surface area (Å²) in [7, 11) is -0.622. The van der Waals surface area contributed by atoms with Crippen molar-refractivity contribution in [1.82, 2.24) is 9.62 Å². The first kappa shape index (κ1) is 22.2. The van der Waals surface area contributed by atoms with Crippen LogP contribution in [0.2, 0.25) is 0 Å². The van der Waals surface area contributed by atoms with Crippen LogP contribution in [0.3, 0.4) is 0 Å². The molecule has 1 fully saturated rings. The molecule has 4 rings (SSSR count). The summed E-state index contributed by atoms with van der Waals surface area (Å²) in [6, 6.07) is 13.0. The first-order chi connectivity index (χ1) is 14.9. The van der Waals surface area contributed by atoms with Crippen LogP contribution in [0.5, 0.6) is 0 Å². The van der Waals surface area contributed by atoms with E-state index in [1.807, 2.05) is 12.1 Å². The van der Waals surface area contributed by atoms with E-state index in [9.17, 15) is 13.2 Å². The van der Waals surface area contributed by atoms with Crippen molar-refractivity contribution in [1.29, 1.82) is 0 Å². The summed E-state index contributed by atoms with van der Waals surface area (Å²) < 4.78 is 26.6. The second kappa shape index (κ2) is 9.22. The summed E-state index contributed by atoms with van der Waals surface area (Å²) in [6.45, 7) is 1.76. The van der Waals surface area contributed by atoms with Gasteiger partial charge in [0.2, 0.25) is 10.0 Å². The molecule has 1 N–H and O–H groups in total. The number of nitrogens with zero attached hydrogens (tertiary/aromatic N) is 2. The number of hydrogen-bond donors (Lipinski definition) is 1. The van der Waals surface area contributed by atoms with E-state index in [2.05, 4.69) is 22.3 Å². The molecule has 6 nitrogen and oxygen atoms in total. The Bertz CT molecular complexity index is 1060. The number of carbonyl (C=O) groups is 1. The van der Waals surface area contributed by atoms with E-state index in [1.165, 1.54) is 35.8 Å². The van der Waals surface area contributed by atoms with Crippen LogP contribution in [-0.2, 0) is 10.0 Å². The largest absolute Gasteiger partial charge is 0.371 e. The van der Waals surface area contributed by atoms with Gasteiger partial charge in [0.15, 0.2) is 0 Å². The SMILES string of the molecule is CN(C)S(=O)(=O)c1ccc(N2CCCCC2)c(C(=O)N[C@@H]2CCSc3ccccc32)c1. The standard InChI is InChI=1S/C23H29N3O3S2/c1-25(2)31(28,29)17-10-11-21(26-13-6-3-7-14-26)19(16-17)23(27)24-20-12-15-30-22-9-5-4-8-18(20)22/h4-5,8-11,16,20H,3,6-7,12-15H2,1-2H3,(H,24,27)/t20-/m1/s1. The molecule has 2 aliphatic heterocycles. The van der Waals surface area contributed by atoms with E-state index in [-0.39, 0.29) is 16.8 Å². The molecule has 0 saturated carbocycles. The van der Waals surface area contributed by atoms with Crippen molar-refractivity contribution in [2.24, 2.45) is 0 Å². The molecule has 166 valence electrons. The van der Waals surface area contributed by atoms with Gasteiger partial charge in [0.05, 0.1) is 16.5 Å². The Labute approximate surface area is 189 Å². The average molecular weight is 460 g/mol. The second-order valence-electron chi connectivity index (χ2n) is 8.22. The Morgan fingerprint density at radius 2 is 1.84 bits per heavy atom. The first-order valence-corrected chi connectivity index (χ1v) is 13.1. The van der Waals surface area contributed by atoms with Crippen molar-refractivity contribution in [3.8, 4) is 0 Å². The monoisotopic (exact) mass is 459 g/mol. The molecule has 8 heteroatoms. The number of amides is 1. The Morgan fingerprint density at radius 1 is 1.10 bits per heavy atom. The van der Waals surface area contributed by atoms with E-state index in [4.69, 9.17) is 0 Å². The molecule has 0 spiro atoms. The normalized spacial score (nSPS) is 19.2. The van der Waals surface area contributed by atoms with Gasteiger partial charge in [0, 0.05) is 43.5 Å². The minimum absolute atomic E-state index is 0.0757. The Morgan fingerprint density at radius 3 is 2.58 bits per heavy atom. The van der Waals surface area contributed by atoms with Gasteiger partial charge in [-0.25, -0.2) is 12.7 Å². The number of sulfonamides is 1. The van der Waals surface area contributed by atoms with E-state index in [0.717, 1.165) is 49.4 Å².